The number of hydrogen-bond donors (Lipinski definition) is 5. The van der Waals surface area contributed by atoms with Crippen molar-refractivity contribution in [1.82, 2.24) is 15.0 Å². The number of rotatable bonds is 13. The van der Waals surface area contributed by atoms with E-state index in [2.05, 4.69) is 43.1 Å². The van der Waals surface area contributed by atoms with Crippen molar-refractivity contribution in [1.29, 1.82) is 0 Å². The molecule has 5 N–H and O–H groups in total. The summed E-state index contributed by atoms with van der Waals surface area (Å²) in [7, 11) is 0. The SMILES string of the molecule is CC(Cc1ccc(Nc2ccnc3ccc(F)cc23)cc1C(=O)Nc1cccc(Nc2ccncc2)n1)C[n+]1ccc(Nc2cccc(C(=O)O)c2)c2cc(F)ccc21. The van der Waals surface area contributed by atoms with Gasteiger partial charge in [-0.15, -0.1) is 0 Å². The zero-order chi connectivity index (χ0) is 40.9. The standard InChI is InChI=1S/C46H36F2N8O3/c1-28(27-56-21-17-41(38-25-32(48)10-13-42(38)56)51-34-5-2-4-30(23-34)46(58)59)22-29-8-11-35(52-40-16-20-50-39-12-9-31(47)24-37(39)40)26-36(29)45(57)55-44-7-3-6-43(54-44)53-33-14-18-49-19-15-33/h2-21,23-26,28H,22,27H2,1H3,(H4,49,50,52,53,54,55,57,58,59)/p+1. The number of nitrogens with zero attached hydrogens (tertiary/aromatic N) is 4. The van der Waals surface area contributed by atoms with Crippen LogP contribution in [0.2, 0.25) is 0 Å². The molecule has 4 aromatic carbocycles. The van der Waals surface area contributed by atoms with Crippen molar-refractivity contribution in [3.05, 3.63) is 174 Å². The number of aromatic nitrogens is 4. The molecule has 0 fully saturated rings. The van der Waals surface area contributed by atoms with Crippen LogP contribution < -0.4 is 25.8 Å². The molecule has 1 atom stereocenters. The average Bonchev–Trinajstić information content (AvgIpc) is 3.23. The van der Waals surface area contributed by atoms with Crippen molar-refractivity contribution in [3.63, 3.8) is 0 Å². The van der Waals surface area contributed by atoms with Gasteiger partial charge in [-0.05, 0) is 103 Å². The van der Waals surface area contributed by atoms with Gasteiger partial charge in [0.25, 0.3) is 5.91 Å². The molecule has 0 spiro atoms. The third kappa shape index (κ3) is 8.94. The van der Waals surface area contributed by atoms with Gasteiger partial charge in [0.2, 0.25) is 5.52 Å². The van der Waals surface area contributed by atoms with Crippen LogP contribution in [-0.4, -0.2) is 31.9 Å². The first-order valence-electron chi connectivity index (χ1n) is 18.8. The molecule has 13 heteroatoms. The molecule has 4 heterocycles. The Morgan fingerprint density at radius 2 is 1.44 bits per heavy atom. The Morgan fingerprint density at radius 1 is 0.712 bits per heavy atom. The maximum Gasteiger partial charge on any atom is 0.335 e. The molecule has 8 aromatic rings. The van der Waals surface area contributed by atoms with Crippen molar-refractivity contribution >= 4 is 73.8 Å². The Morgan fingerprint density at radius 3 is 2.25 bits per heavy atom. The van der Waals surface area contributed by atoms with Crippen LogP contribution in [0.5, 0.6) is 0 Å². The molecule has 0 aliphatic heterocycles. The van der Waals surface area contributed by atoms with Crippen LogP contribution in [0.25, 0.3) is 21.8 Å². The Hall–Kier alpha value is -7.80. The van der Waals surface area contributed by atoms with E-state index >= 15 is 0 Å². The van der Waals surface area contributed by atoms with Gasteiger partial charge < -0.3 is 26.4 Å². The third-order valence-electron chi connectivity index (χ3n) is 9.73. The fourth-order valence-electron chi connectivity index (χ4n) is 7.01. The van der Waals surface area contributed by atoms with E-state index in [-0.39, 0.29) is 17.4 Å². The van der Waals surface area contributed by atoms with E-state index in [4.69, 9.17) is 0 Å². The molecule has 0 radical (unpaired) electrons. The van der Waals surface area contributed by atoms with Gasteiger partial charge in [-0.3, -0.25) is 14.8 Å². The van der Waals surface area contributed by atoms with Crippen molar-refractivity contribution in [2.75, 3.05) is 21.3 Å². The Balaban J connectivity index is 1.08. The summed E-state index contributed by atoms with van der Waals surface area (Å²) in [6.45, 7) is 2.60. The normalized spacial score (nSPS) is 11.6. The average molecular weight is 788 g/mol. The van der Waals surface area contributed by atoms with Gasteiger partial charge in [0, 0.05) is 70.3 Å². The molecule has 8 rings (SSSR count). The fraction of sp³-hybridized carbons (Fsp3) is 0.0870. The van der Waals surface area contributed by atoms with Crippen LogP contribution >= 0.6 is 0 Å². The Labute approximate surface area is 337 Å². The molecule has 1 unspecified atom stereocenters. The summed E-state index contributed by atoms with van der Waals surface area (Å²) in [5, 5.41) is 23.5. The predicted molar refractivity (Wildman–Crippen MR) is 225 cm³/mol. The molecule has 4 aromatic heterocycles. The highest BCUT2D eigenvalue weighted by molar-refractivity contribution is 6.06. The summed E-state index contributed by atoms with van der Waals surface area (Å²) in [4.78, 5) is 38.8. The number of carbonyl (C=O) groups excluding carboxylic acids is 1. The second kappa shape index (κ2) is 16.7. The van der Waals surface area contributed by atoms with Gasteiger partial charge in [-0.25, -0.2) is 18.6 Å². The number of benzene rings is 4. The zero-order valence-corrected chi connectivity index (χ0v) is 31.7. The minimum absolute atomic E-state index is 0.0113. The molecule has 0 saturated heterocycles. The number of anilines is 7. The number of carboxylic acids is 1. The number of carbonyl (C=O) groups is 2. The highest BCUT2D eigenvalue weighted by Crippen LogP contribution is 2.30. The maximum absolute atomic E-state index is 14.7. The molecular weight excluding hydrogens is 751 g/mol. The number of nitrogens with one attached hydrogen (secondary N) is 4. The molecule has 0 saturated carbocycles. The Bertz CT molecular complexity index is 2860. The summed E-state index contributed by atoms with van der Waals surface area (Å²) < 4.78 is 31.0. The molecule has 59 heavy (non-hydrogen) atoms. The number of aromatic carboxylic acids is 1. The molecule has 0 bridgehead atoms. The minimum atomic E-state index is -1.05. The summed E-state index contributed by atoms with van der Waals surface area (Å²) in [6.07, 6.45) is 7.38. The summed E-state index contributed by atoms with van der Waals surface area (Å²) in [5.74, 6) is -1.34. The lowest BCUT2D eigenvalue weighted by atomic mass is 9.95. The quantitative estimate of drug-likeness (QED) is 0.0722. The van der Waals surface area contributed by atoms with Gasteiger partial charge in [0.1, 0.15) is 23.3 Å². The molecule has 292 valence electrons. The molecular formula is C46H37F2N8O3+. The lowest BCUT2D eigenvalue weighted by Gasteiger charge is -2.17. The first kappa shape index (κ1) is 38.1. The third-order valence-corrected chi connectivity index (χ3v) is 9.73. The van der Waals surface area contributed by atoms with E-state index in [1.54, 1.807) is 73.2 Å². The first-order chi connectivity index (χ1) is 28.6. The van der Waals surface area contributed by atoms with Crippen LogP contribution in [0.15, 0.2) is 146 Å². The van der Waals surface area contributed by atoms with E-state index in [1.807, 2.05) is 41.1 Å². The number of pyridine rings is 4. The van der Waals surface area contributed by atoms with Crippen LogP contribution in [0.4, 0.5) is 48.9 Å². The monoisotopic (exact) mass is 787 g/mol. The Kier molecular flexibility index (Phi) is 10.8. The summed E-state index contributed by atoms with van der Waals surface area (Å²) in [6, 6.07) is 33.5. The number of hydrogen-bond acceptors (Lipinski definition) is 8. The van der Waals surface area contributed by atoms with Gasteiger partial charge >= 0.3 is 5.97 Å². The fourth-order valence-corrected chi connectivity index (χ4v) is 7.01. The van der Waals surface area contributed by atoms with E-state index in [1.165, 1.54) is 36.4 Å². The van der Waals surface area contributed by atoms with Crippen molar-refractivity contribution in [2.24, 2.45) is 5.92 Å². The highest BCUT2D eigenvalue weighted by Gasteiger charge is 2.21. The lowest BCUT2D eigenvalue weighted by Crippen LogP contribution is -2.38. The number of halogens is 2. The second-order valence-corrected chi connectivity index (χ2v) is 14.1. The predicted octanol–water partition coefficient (Wildman–Crippen LogP) is 9.80. The van der Waals surface area contributed by atoms with Crippen molar-refractivity contribution in [2.45, 2.75) is 19.9 Å². The van der Waals surface area contributed by atoms with Crippen LogP contribution in [0.3, 0.4) is 0 Å². The molecule has 0 aliphatic carbocycles. The molecule has 11 nitrogen and oxygen atoms in total. The van der Waals surface area contributed by atoms with Gasteiger partial charge in [-0.1, -0.05) is 25.1 Å². The van der Waals surface area contributed by atoms with Gasteiger partial charge in [0.15, 0.2) is 12.7 Å². The highest BCUT2D eigenvalue weighted by atomic mass is 19.1. The summed E-state index contributed by atoms with van der Waals surface area (Å²) in [5.41, 5.74) is 5.93. The molecule has 0 aliphatic rings. The van der Waals surface area contributed by atoms with Crippen molar-refractivity contribution < 1.29 is 28.0 Å². The van der Waals surface area contributed by atoms with Crippen LogP contribution in [-0.2, 0) is 13.0 Å². The second-order valence-electron chi connectivity index (χ2n) is 14.1. The van der Waals surface area contributed by atoms with Crippen LogP contribution in [0, 0.1) is 17.6 Å². The topological polar surface area (TPSA) is 145 Å². The smallest absolute Gasteiger partial charge is 0.335 e. The van der Waals surface area contributed by atoms with E-state index in [9.17, 15) is 23.5 Å². The van der Waals surface area contributed by atoms with E-state index in [0.717, 1.165) is 16.8 Å². The lowest BCUT2D eigenvalue weighted by molar-refractivity contribution is -0.677. The van der Waals surface area contributed by atoms with Gasteiger partial charge in [-0.2, -0.15) is 4.57 Å². The zero-order valence-electron chi connectivity index (χ0n) is 31.7. The van der Waals surface area contributed by atoms with Crippen molar-refractivity contribution in [3.8, 4) is 0 Å². The van der Waals surface area contributed by atoms with E-state index < -0.39 is 17.6 Å². The number of amides is 1. The van der Waals surface area contributed by atoms with Gasteiger partial charge in [0.05, 0.1) is 22.2 Å². The van der Waals surface area contributed by atoms with E-state index in [0.29, 0.717) is 69.2 Å². The summed E-state index contributed by atoms with van der Waals surface area (Å²) >= 11 is 0. The maximum atomic E-state index is 14.7. The minimum Gasteiger partial charge on any atom is -0.478 e. The number of carboxylic acid groups (broad SMARTS) is 1. The molecule has 1 amide bonds. The largest absolute Gasteiger partial charge is 0.478 e. The van der Waals surface area contributed by atoms with Crippen LogP contribution in [0.1, 0.15) is 33.2 Å². The first-order valence-corrected chi connectivity index (χ1v) is 18.8. The number of fused-ring (bicyclic) bond motifs is 2.